The van der Waals surface area contributed by atoms with Crippen molar-refractivity contribution in [3.8, 4) is 5.75 Å². The summed E-state index contributed by atoms with van der Waals surface area (Å²) in [5.74, 6) is 1.11. The van der Waals surface area contributed by atoms with Crippen LogP contribution in [0.1, 0.15) is 66.5 Å². The second-order valence-corrected chi connectivity index (χ2v) is 9.65. The monoisotopic (exact) mass is 440 g/mol. The number of hydrogen-bond acceptors (Lipinski definition) is 4. The van der Waals surface area contributed by atoms with Crippen LogP contribution in [0.4, 0.5) is 0 Å². The van der Waals surface area contributed by atoms with Gasteiger partial charge in [-0.15, -0.1) is 11.3 Å². The summed E-state index contributed by atoms with van der Waals surface area (Å²) < 4.78 is 5.36. The summed E-state index contributed by atoms with van der Waals surface area (Å²) in [5, 5.41) is 5.18. The topological polar surface area (TPSA) is 58.6 Å². The zero-order valence-electron chi connectivity index (χ0n) is 18.5. The number of carbonyl (C=O) groups is 2. The first-order valence-corrected chi connectivity index (χ1v) is 12.3. The third-order valence-electron chi connectivity index (χ3n) is 6.55. The van der Waals surface area contributed by atoms with Crippen molar-refractivity contribution in [3.05, 3.63) is 51.2 Å². The van der Waals surface area contributed by atoms with Crippen molar-refractivity contribution in [1.82, 2.24) is 10.2 Å². The van der Waals surface area contributed by atoms with E-state index in [4.69, 9.17) is 4.74 Å². The number of ether oxygens (including phenoxy) is 1. The maximum atomic E-state index is 13.2. The number of carbonyl (C=O) groups excluding carboxylic acids is 2. The molecule has 31 heavy (non-hydrogen) atoms. The van der Waals surface area contributed by atoms with Crippen molar-refractivity contribution in [1.29, 1.82) is 0 Å². The van der Waals surface area contributed by atoms with Crippen molar-refractivity contribution in [2.45, 2.75) is 70.4 Å². The summed E-state index contributed by atoms with van der Waals surface area (Å²) in [6.07, 6.45) is 5.99. The first-order valence-electron chi connectivity index (χ1n) is 11.4. The molecule has 2 atom stereocenters. The van der Waals surface area contributed by atoms with Gasteiger partial charge in [0.25, 0.3) is 0 Å². The molecule has 2 unspecified atom stereocenters. The van der Waals surface area contributed by atoms with Gasteiger partial charge in [0.1, 0.15) is 11.8 Å². The van der Waals surface area contributed by atoms with E-state index in [-0.39, 0.29) is 17.7 Å². The average molecular weight is 441 g/mol. The highest BCUT2D eigenvalue weighted by molar-refractivity contribution is 7.10. The summed E-state index contributed by atoms with van der Waals surface area (Å²) in [4.78, 5) is 29.5. The summed E-state index contributed by atoms with van der Waals surface area (Å²) >= 11 is 1.77. The van der Waals surface area contributed by atoms with Crippen LogP contribution in [0.2, 0.25) is 0 Å². The predicted octanol–water partition coefficient (Wildman–Crippen LogP) is 4.44. The molecule has 2 aromatic rings. The Labute approximate surface area is 188 Å². The van der Waals surface area contributed by atoms with Gasteiger partial charge >= 0.3 is 0 Å². The van der Waals surface area contributed by atoms with Gasteiger partial charge in [0.05, 0.1) is 7.11 Å². The molecule has 1 aliphatic heterocycles. The van der Waals surface area contributed by atoms with Crippen LogP contribution in [-0.2, 0) is 29.0 Å². The van der Waals surface area contributed by atoms with Crippen LogP contribution in [0.3, 0.4) is 0 Å². The van der Waals surface area contributed by atoms with Crippen LogP contribution in [0.5, 0.6) is 5.75 Å². The van der Waals surface area contributed by atoms with Crippen molar-refractivity contribution < 1.29 is 14.3 Å². The number of hydrogen-bond donors (Lipinski definition) is 1. The van der Waals surface area contributed by atoms with Gasteiger partial charge in [-0.1, -0.05) is 19.4 Å². The Balaban J connectivity index is 1.40. The Kier molecular flexibility index (Phi) is 6.96. The van der Waals surface area contributed by atoms with Crippen LogP contribution in [0.25, 0.3) is 0 Å². The summed E-state index contributed by atoms with van der Waals surface area (Å²) in [7, 11) is 1.68. The van der Waals surface area contributed by atoms with E-state index in [1.54, 1.807) is 18.4 Å². The zero-order valence-corrected chi connectivity index (χ0v) is 19.3. The molecule has 0 saturated heterocycles. The largest absolute Gasteiger partial charge is 0.497 e. The van der Waals surface area contributed by atoms with E-state index in [9.17, 15) is 9.59 Å². The number of fused-ring (bicyclic) bond motifs is 2. The minimum absolute atomic E-state index is 0.0197. The normalized spacial score (nSPS) is 18.6. The van der Waals surface area contributed by atoms with E-state index >= 15 is 0 Å². The van der Waals surface area contributed by atoms with Gasteiger partial charge in [-0.05, 0) is 78.3 Å². The van der Waals surface area contributed by atoms with Crippen LogP contribution >= 0.6 is 11.3 Å². The Morgan fingerprint density at radius 1 is 1.26 bits per heavy atom. The second-order valence-electron chi connectivity index (χ2n) is 8.65. The quantitative estimate of drug-likeness (QED) is 0.693. The lowest BCUT2D eigenvalue weighted by Gasteiger charge is -2.31. The lowest BCUT2D eigenvalue weighted by molar-refractivity contribution is -0.137. The van der Waals surface area contributed by atoms with Gasteiger partial charge in [0, 0.05) is 24.4 Å². The Bertz CT molecular complexity index is 939. The third kappa shape index (κ3) is 4.95. The molecule has 2 heterocycles. The molecule has 2 amide bonds. The smallest absolute Gasteiger partial charge is 0.245 e. The number of nitrogens with zero attached hydrogens (tertiary/aromatic N) is 1. The average Bonchev–Trinajstić information content (AvgIpc) is 3.26. The van der Waals surface area contributed by atoms with Crippen LogP contribution in [0.15, 0.2) is 29.6 Å². The molecule has 166 valence electrons. The fraction of sp³-hybridized carbons (Fsp3) is 0.520. The SMILES string of the molecule is CCCC(NC(=O)CC1CCCc2cc(OC)ccc21)C(=O)N1CCc2sccc2C1. The highest BCUT2D eigenvalue weighted by atomic mass is 32.1. The fourth-order valence-corrected chi connectivity index (χ4v) is 5.80. The fourth-order valence-electron chi connectivity index (χ4n) is 4.91. The highest BCUT2D eigenvalue weighted by Gasteiger charge is 2.30. The maximum absolute atomic E-state index is 13.2. The van der Waals surface area contributed by atoms with Crippen molar-refractivity contribution >= 4 is 23.2 Å². The molecule has 0 fully saturated rings. The molecule has 1 aromatic heterocycles. The van der Waals surface area contributed by atoms with Gasteiger partial charge in [-0.2, -0.15) is 0 Å². The lowest BCUT2D eigenvalue weighted by atomic mass is 9.81. The number of benzene rings is 1. The summed E-state index contributed by atoms with van der Waals surface area (Å²) in [5.41, 5.74) is 3.78. The number of aryl methyl sites for hydroxylation is 1. The lowest BCUT2D eigenvalue weighted by Crippen LogP contribution is -2.49. The van der Waals surface area contributed by atoms with Crippen molar-refractivity contribution in [2.24, 2.45) is 0 Å². The molecule has 0 radical (unpaired) electrons. The molecular formula is C25H32N2O3S. The van der Waals surface area contributed by atoms with E-state index < -0.39 is 6.04 Å². The Morgan fingerprint density at radius 2 is 2.13 bits per heavy atom. The molecule has 0 bridgehead atoms. The minimum atomic E-state index is -0.434. The molecule has 1 aromatic carbocycles. The van der Waals surface area contributed by atoms with Crippen LogP contribution < -0.4 is 10.1 Å². The molecule has 1 aliphatic carbocycles. The number of thiophene rings is 1. The maximum Gasteiger partial charge on any atom is 0.245 e. The summed E-state index contributed by atoms with van der Waals surface area (Å²) in [6, 6.07) is 7.86. The van der Waals surface area contributed by atoms with Gasteiger partial charge in [0.15, 0.2) is 0 Å². The number of rotatable bonds is 7. The van der Waals surface area contributed by atoms with Crippen molar-refractivity contribution in [3.63, 3.8) is 0 Å². The molecule has 6 heteroatoms. The van der Waals surface area contributed by atoms with Gasteiger partial charge in [-0.3, -0.25) is 9.59 Å². The Morgan fingerprint density at radius 3 is 2.94 bits per heavy atom. The number of nitrogens with one attached hydrogen (secondary N) is 1. The molecule has 5 nitrogen and oxygen atoms in total. The third-order valence-corrected chi connectivity index (χ3v) is 7.57. The van der Waals surface area contributed by atoms with Crippen molar-refractivity contribution in [2.75, 3.05) is 13.7 Å². The molecular weight excluding hydrogens is 408 g/mol. The molecule has 1 N–H and O–H groups in total. The number of amides is 2. The van der Waals surface area contributed by atoms with Gasteiger partial charge in [-0.25, -0.2) is 0 Å². The first kappa shape index (κ1) is 21.9. The minimum Gasteiger partial charge on any atom is -0.497 e. The van der Waals surface area contributed by atoms with Crippen LogP contribution in [-0.4, -0.2) is 36.4 Å². The first-order chi connectivity index (χ1) is 15.1. The van der Waals surface area contributed by atoms with E-state index in [2.05, 4.69) is 35.8 Å². The standard InChI is InChI=1S/C25H32N2O3S/c1-3-5-22(25(29)27-12-10-23-19(16-27)11-13-31-23)26-24(28)15-18-7-4-6-17-14-20(30-2)8-9-21(17)18/h8-9,11,13-14,18,22H,3-7,10,12,15-16H2,1-2H3,(H,26,28). The van der Waals surface area contributed by atoms with Gasteiger partial charge in [0.2, 0.25) is 11.8 Å². The summed E-state index contributed by atoms with van der Waals surface area (Å²) in [6.45, 7) is 3.45. The molecule has 2 aliphatic rings. The zero-order chi connectivity index (χ0) is 21.8. The van der Waals surface area contributed by atoms with E-state index in [1.165, 1.54) is 21.6 Å². The molecule has 0 saturated carbocycles. The van der Waals surface area contributed by atoms with E-state index in [1.807, 2.05) is 11.0 Å². The highest BCUT2D eigenvalue weighted by Crippen LogP contribution is 2.36. The van der Waals surface area contributed by atoms with E-state index in [0.717, 1.165) is 44.4 Å². The second kappa shape index (κ2) is 9.86. The molecule has 0 spiro atoms. The van der Waals surface area contributed by atoms with Gasteiger partial charge < -0.3 is 15.0 Å². The van der Waals surface area contributed by atoms with Crippen LogP contribution in [0, 0.1) is 0 Å². The number of methoxy groups -OCH3 is 1. The van der Waals surface area contributed by atoms with E-state index in [0.29, 0.717) is 19.4 Å². The predicted molar refractivity (Wildman–Crippen MR) is 124 cm³/mol. The Hall–Kier alpha value is -2.34. The molecule has 4 rings (SSSR count).